The Morgan fingerprint density at radius 2 is 1.93 bits per heavy atom. The Labute approximate surface area is 188 Å². The fourth-order valence-corrected chi connectivity index (χ4v) is 7.81. The van der Waals surface area contributed by atoms with E-state index >= 15 is 0 Å². The summed E-state index contributed by atoms with van der Waals surface area (Å²) in [5.74, 6) is -0.525. The Hall–Kier alpha value is -1.09. The lowest BCUT2D eigenvalue weighted by Crippen LogP contribution is -3.00. The Balaban J connectivity index is 0.00000300. The number of esters is 1. The van der Waals surface area contributed by atoms with Crippen LogP contribution in [0, 0.1) is 0 Å². The molecular formula is C19H24Cl2N2O4S2. The molecule has 0 aromatic heterocycles. The predicted octanol–water partition coefficient (Wildman–Crippen LogP) is -0.579. The van der Waals surface area contributed by atoms with Crippen molar-refractivity contribution in [3.05, 3.63) is 35.9 Å². The van der Waals surface area contributed by atoms with Gasteiger partial charge in [0.25, 0.3) is 0 Å². The van der Waals surface area contributed by atoms with E-state index in [4.69, 9.17) is 15.4 Å². The number of benzene rings is 1. The van der Waals surface area contributed by atoms with Crippen molar-refractivity contribution in [2.24, 2.45) is 0 Å². The van der Waals surface area contributed by atoms with Gasteiger partial charge < -0.3 is 22.0 Å². The van der Waals surface area contributed by atoms with Gasteiger partial charge in [0, 0.05) is 11.7 Å². The maximum atomic E-state index is 13.2. The third-order valence-corrected chi connectivity index (χ3v) is 9.79. The van der Waals surface area contributed by atoms with Gasteiger partial charge in [0.1, 0.15) is 28.5 Å². The largest absolute Gasteiger partial charge is 1.00 e. The molecule has 2 fully saturated rings. The number of thioether (sulfide) groups is 1. The summed E-state index contributed by atoms with van der Waals surface area (Å²) in [5, 5.41) is 2.40. The van der Waals surface area contributed by atoms with E-state index in [1.165, 1.54) is 23.6 Å². The van der Waals surface area contributed by atoms with Gasteiger partial charge >= 0.3 is 16.7 Å². The fraction of sp³-hybridized carbons (Fsp3) is 0.526. The highest BCUT2D eigenvalue weighted by molar-refractivity contribution is 8.20. The van der Waals surface area contributed by atoms with E-state index in [1.807, 2.05) is 51.1 Å². The van der Waals surface area contributed by atoms with Gasteiger partial charge in [0.2, 0.25) is 5.91 Å². The van der Waals surface area contributed by atoms with Crippen LogP contribution in [0.3, 0.4) is 0 Å². The molecule has 10 heteroatoms. The van der Waals surface area contributed by atoms with Gasteiger partial charge in [-0.25, -0.2) is 4.79 Å². The quantitative estimate of drug-likeness (QED) is 0.336. The maximum Gasteiger partial charge on any atom is 0.330 e. The number of nitrogens with one attached hydrogen (secondary N) is 1. The molecule has 0 spiro atoms. The lowest BCUT2D eigenvalue weighted by molar-refractivity contribution is -0.166. The van der Waals surface area contributed by atoms with Crippen LogP contribution in [0.1, 0.15) is 33.3 Å². The Kier molecular flexibility index (Phi) is 7.47. The van der Waals surface area contributed by atoms with Crippen LogP contribution in [0.15, 0.2) is 30.3 Å². The molecule has 1 N–H and O–H groups in total. The number of carbonyl (C=O) groups excluding carboxylic acids is 3. The van der Waals surface area contributed by atoms with Crippen molar-refractivity contribution in [3.8, 4) is 0 Å². The highest BCUT2D eigenvalue weighted by atomic mass is 35.7. The first-order chi connectivity index (χ1) is 13.1. The van der Waals surface area contributed by atoms with Crippen LogP contribution < -0.4 is 17.7 Å². The molecule has 2 aliphatic heterocycles. The first-order valence-corrected chi connectivity index (χ1v) is 12.1. The first kappa shape index (κ1) is 24.2. The third kappa shape index (κ3) is 4.09. The molecule has 6 nitrogen and oxygen atoms in total. The zero-order chi connectivity index (χ0) is 20.7. The Morgan fingerprint density at radius 3 is 2.48 bits per heavy atom. The van der Waals surface area contributed by atoms with Gasteiger partial charge in [-0.1, -0.05) is 30.3 Å². The van der Waals surface area contributed by atoms with Crippen LogP contribution in [-0.4, -0.2) is 49.5 Å². The van der Waals surface area contributed by atoms with E-state index in [9.17, 15) is 14.4 Å². The van der Waals surface area contributed by atoms with Crippen molar-refractivity contribution < 1.29 is 31.5 Å². The lowest BCUT2D eigenvalue weighted by Gasteiger charge is -2.48. The van der Waals surface area contributed by atoms with Crippen LogP contribution >= 0.6 is 22.4 Å². The minimum atomic E-state index is -1.17. The van der Waals surface area contributed by atoms with Gasteiger partial charge in [-0.3, -0.25) is 14.9 Å². The van der Waals surface area contributed by atoms with E-state index in [-0.39, 0.29) is 30.8 Å². The first-order valence-electron chi connectivity index (χ1n) is 9.02. The Bertz CT molecular complexity index is 796. The summed E-state index contributed by atoms with van der Waals surface area (Å²) in [5.41, 5.74) is 0.881. The molecule has 2 aliphatic rings. The van der Waals surface area contributed by atoms with Gasteiger partial charge in [0.05, 0.1) is 0 Å². The fourth-order valence-electron chi connectivity index (χ4n) is 3.68. The molecule has 0 bridgehead atoms. The molecule has 0 aliphatic carbocycles. The summed E-state index contributed by atoms with van der Waals surface area (Å²) in [6.07, 6.45) is 0. The van der Waals surface area contributed by atoms with Crippen molar-refractivity contribution in [2.45, 2.75) is 55.3 Å². The van der Waals surface area contributed by atoms with Crippen molar-refractivity contribution in [3.63, 3.8) is 0 Å². The summed E-state index contributed by atoms with van der Waals surface area (Å²) >= 11 is 1.48. The van der Waals surface area contributed by atoms with Gasteiger partial charge in [0.15, 0.2) is 16.1 Å². The van der Waals surface area contributed by atoms with E-state index in [2.05, 4.69) is 5.32 Å². The molecular weight excluding hydrogens is 455 g/mol. The second-order valence-corrected chi connectivity index (χ2v) is 12.1. The monoisotopic (exact) mass is 478 g/mol. The second-order valence-electron chi connectivity index (χ2n) is 7.32. The molecule has 0 radical (unpaired) electrons. The van der Waals surface area contributed by atoms with Crippen molar-refractivity contribution in [1.82, 2.24) is 10.2 Å². The second kappa shape index (κ2) is 8.96. The summed E-state index contributed by atoms with van der Waals surface area (Å²) in [6.45, 7) is 7.22. The number of carbonyl (C=O) groups is 3. The molecule has 2 saturated heterocycles. The number of hydrogen-bond acceptors (Lipinski definition) is 5. The van der Waals surface area contributed by atoms with Crippen LogP contribution in [0.25, 0.3) is 0 Å². The number of halogens is 2. The zero-order valence-corrected chi connectivity index (χ0v) is 19.8. The van der Waals surface area contributed by atoms with Crippen LogP contribution in [-0.2, 0) is 35.8 Å². The van der Waals surface area contributed by atoms with Gasteiger partial charge in [-0.15, -0.1) is 11.8 Å². The lowest BCUT2D eigenvalue weighted by atomic mass is 9.95. The molecule has 29 heavy (non-hydrogen) atoms. The van der Waals surface area contributed by atoms with Crippen molar-refractivity contribution >= 4 is 50.3 Å². The molecule has 1 aromatic carbocycles. The van der Waals surface area contributed by atoms with Gasteiger partial charge in [-0.05, 0) is 26.3 Å². The molecule has 1 aromatic rings. The number of β-lactam (4-membered cyclic amide) rings is 1. The van der Waals surface area contributed by atoms with Gasteiger partial charge in [-0.2, -0.15) is 0 Å². The number of rotatable bonds is 6. The Morgan fingerprint density at radius 1 is 1.31 bits per heavy atom. The molecule has 1 unspecified atom stereocenters. The molecule has 2 heterocycles. The summed E-state index contributed by atoms with van der Waals surface area (Å²) < 4.78 is 4.95. The van der Waals surface area contributed by atoms with E-state index in [0.717, 1.165) is 5.56 Å². The zero-order valence-electron chi connectivity index (χ0n) is 16.6. The van der Waals surface area contributed by atoms with E-state index in [0.29, 0.717) is 5.75 Å². The standard InChI is InChI=1S/C19H23ClN2O4S2.ClH/c1-5-28(20)19(21-12(2)23)16(25)22-14(18(3,4)27-17(19)22)15(24)26-11-13-9-7-6-8-10-13;/h6-10,14,17H,5,11H2,1-4H3;1H/t14-,17+,19+,28?;/m0./s1. The van der Waals surface area contributed by atoms with Crippen molar-refractivity contribution in [1.29, 1.82) is 0 Å². The number of hydrogen-bond donors (Lipinski definition) is 1. The summed E-state index contributed by atoms with van der Waals surface area (Å²) in [7, 11) is 5.65. The van der Waals surface area contributed by atoms with E-state index < -0.39 is 37.1 Å². The van der Waals surface area contributed by atoms with E-state index in [1.54, 1.807) is 0 Å². The molecule has 0 saturated carbocycles. The normalized spacial score (nSPS) is 27.9. The average Bonchev–Trinajstić information content (AvgIpc) is 2.93. The third-order valence-electron chi connectivity index (χ3n) is 4.92. The minimum absolute atomic E-state index is 0. The number of nitrogens with zero attached hydrogens (tertiary/aromatic N) is 1. The summed E-state index contributed by atoms with van der Waals surface area (Å²) in [6, 6.07) is 8.67. The average molecular weight is 479 g/mol. The molecule has 160 valence electrons. The minimum Gasteiger partial charge on any atom is -1.00 e. The predicted molar refractivity (Wildman–Crippen MR) is 113 cm³/mol. The van der Waals surface area contributed by atoms with Crippen molar-refractivity contribution in [2.75, 3.05) is 5.75 Å². The topological polar surface area (TPSA) is 75.7 Å². The highest BCUT2D eigenvalue weighted by Gasteiger charge is 2.80. The number of fused-ring (bicyclic) bond motifs is 1. The number of ether oxygens (including phenoxy) is 1. The summed E-state index contributed by atoms with van der Waals surface area (Å²) in [4.78, 5) is 38.3. The maximum absolute atomic E-state index is 13.2. The number of amides is 2. The highest BCUT2D eigenvalue weighted by Crippen LogP contribution is 2.57. The smallest absolute Gasteiger partial charge is 0.330 e. The molecule has 4 atom stereocenters. The SMILES string of the molecule is CC[S+](Cl)[C@]1(NC(C)=O)C(=O)N2[C@@H](C(=O)OCc3ccccc3)C(C)(C)S[C@@H]21.[Cl-]. The van der Waals surface area contributed by atoms with Crippen LogP contribution in [0.5, 0.6) is 0 Å². The van der Waals surface area contributed by atoms with Crippen LogP contribution in [0.2, 0.25) is 0 Å². The molecule has 3 rings (SSSR count). The van der Waals surface area contributed by atoms with Crippen LogP contribution in [0.4, 0.5) is 0 Å². The molecule has 2 amide bonds.